The molecule has 1 aliphatic heterocycles. The molecule has 2 N–H and O–H groups in total. The zero-order chi connectivity index (χ0) is 12.5. The summed E-state index contributed by atoms with van der Waals surface area (Å²) in [7, 11) is 0. The van der Waals surface area contributed by atoms with Gasteiger partial charge in [0.1, 0.15) is 17.5 Å². The largest absolute Gasteiger partial charge is 0.384 e. The number of hydrogen-bond donors (Lipinski definition) is 1. The summed E-state index contributed by atoms with van der Waals surface area (Å²) in [6.45, 7) is 2.85. The Morgan fingerprint density at radius 3 is 2.89 bits per heavy atom. The average molecular weight is 240 g/mol. The maximum absolute atomic E-state index is 5.81. The van der Waals surface area contributed by atoms with Crippen LogP contribution >= 0.6 is 0 Å². The molecule has 18 heavy (non-hydrogen) atoms. The van der Waals surface area contributed by atoms with Crippen LogP contribution in [0.1, 0.15) is 17.8 Å². The van der Waals surface area contributed by atoms with E-state index in [4.69, 9.17) is 5.73 Å². The van der Waals surface area contributed by atoms with Crippen molar-refractivity contribution < 1.29 is 0 Å². The molecule has 0 spiro atoms. The fourth-order valence-corrected chi connectivity index (χ4v) is 2.48. The Labute approximate surface area is 106 Å². The van der Waals surface area contributed by atoms with Gasteiger partial charge in [-0.3, -0.25) is 0 Å². The third-order valence-corrected chi connectivity index (χ3v) is 3.23. The van der Waals surface area contributed by atoms with Crippen molar-refractivity contribution in [3.8, 4) is 0 Å². The smallest absolute Gasteiger partial charge is 0.138 e. The third kappa shape index (κ3) is 1.90. The van der Waals surface area contributed by atoms with Crippen LogP contribution in [0.5, 0.6) is 0 Å². The van der Waals surface area contributed by atoms with E-state index in [-0.39, 0.29) is 0 Å². The molecule has 0 radical (unpaired) electrons. The molecule has 4 nitrogen and oxygen atoms in total. The van der Waals surface area contributed by atoms with E-state index >= 15 is 0 Å². The molecule has 1 aromatic carbocycles. The average Bonchev–Trinajstić information content (AvgIpc) is 2.37. The summed E-state index contributed by atoms with van der Waals surface area (Å²) in [6.07, 6.45) is 2.27. The van der Waals surface area contributed by atoms with Crippen molar-refractivity contribution in [1.82, 2.24) is 9.97 Å². The Balaban J connectivity index is 2.08. The van der Waals surface area contributed by atoms with Crippen molar-refractivity contribution in [1.29, 1.82) is 0 Å². The molecule has 92 valence electrons. The Morgan fingerprint density at radius 2 is 2.06 bits per heavy atom. The van der Waals surface area contributed by atoms with E-state index in [9.17, 15) is 0 Å². The predicted molar refractivity (Wildman–Crippen MR) is 73.0 cm³/mol. The summed E-state index contributed by atoms with van der Waals surface area (Å²) >= 11 is 0. The number of hydrogen-bond acceptors (Lipinski definition) is 4. The van der Waals surface area contributed by atoms with Crippen molar-refractivity contribution in [2.45, 2.75) is 19.8 Å². The molecule has 2 aromatic rings. The van der Waals surface area contributed by atoms with E-state index in [2.05, 4.69) is 39.1 Å². The van der Waals surface area contributed by atoms with Gasteiger partial charge >= 0.3 is 0 Å². The van der Waals surface area contributed by atoms with Crippen molar-refractivity contribution in [3.63, 3.8) is 0 Å². The number of para-hydroxylation sites is 1. The highest BCUT2D eigenvalue weighted by Crippen LogP contribution is 2.32. The van der Waals surface area contributed by atoms with Gasteiger partial charge in [-0.15, -0.1) is 0 Å². The number of anilines is 3. The monoisotopic (exact) mass is 240 g/mol. The van der Waals surface area contributed by atoms with Crippen LogP contribution in [0.2, 0.25) is 0 Å². The predicted octanol–water partition coefficient (Wildman–Crippen LogP) is 2.45. The Bertz CT molecular complexity index is 560. The first kappa shape index (κ1) is 11.0. The van der Waals surface area contributed by atoms with Crippen molar-refractivity contribution in [2.24, 2.45) is 0 Å². The quantitative estimate of drug-likeness (QED) is 0.832. The van der Waals surface area contributed by atoms with E-state index in [0.717, 1.165) is 25.2 Å². The number of aromatic nitrogens is 2. The molecule has 3 rings (SSSR count). The van der Waals surface area contributed by atoms with E-state index < -0.39 is 0 Å². The number of benzene rings is 1. The SMILES string of the molecule is Cc1nc(N)cc(N2CCCc3ccccc32)n1. The molecule has 0 amide bonds. The van der Waals surface area contributed by atoms with Crippen molar-refractivity contribution in [2.75, 3.05) is 17.2 Å². The molecule has 1 aromatic heterocycles. The summed E-state index contributed by atoms with van der Waals surface area (Å²) in [6, 6.07) is 10.3. The van der Waals surface area contributed by atoms with E-state index in [1.165, 1.54) is 11.3 Å². The lowest BCUT2D eigenvalue weighted by atomic mass is 10.0. The molecule has 1 aliphatic rings. The highest BCUT2D eigenvalue weighted by atomic mass is 15.2. The van der Waals surface area contributed by atoms with Gasteiger partial charge in [0.25, 0.3) is 0 Å². The number of nitrogens with two attached hydrogens (primary N) is 1. The Kier molecular flexibility index (Phi) is 2.63. The lowest BCUT2D eigenvalue weighted by Crippen LogP contribution is -2.25. The molecular weight excluding hydrogens is 224 g/mol. The van der Waals surface area contributed by atoms with Gasteiger partial charge in [-0.2, -0.15) is 0 Å². The third-order valence-electron chi connectivity index (χ3n) is 3.23. The second-order valence-corrected chi connectivity index (χ2v) is 4.58. The topological polar surface area (TPSA) is 55.0 Å². The molecule has 0 bridgehead atoms. The van der Waals surface area contributed by atoms with Crippen LogP contribution in [-0.4, -0.2) is 16.5 Å². The van der Waals surface area contributed by atoms with Crippen LogP contribution in [0.25, 0.3) is 0 Å². The van der Waals surface area contributed by atoms with E-state index in [1.54, 1.807) is 0 Å². The van der Waals surface area contributed by atoms with Crippen LogP contribution in [-0.2, 0) is 6.42 Å². The normalized spacial score (nSPS) is 14.4. The standard InChI is InChI=1S/C14H16N4/c1-10-16-13(15)9-14(17-10)18-8-4-6-11-5-2-3-7-12(11)18/h2-3,5,7,9H,4,6,8H2,1H3,(H2,15,16,17). The second kappa shape index (κ2) is 4.29. The molecule has 0 fully saturated rings. The maximum atomic E-state index is 5.81. The van der Waals surface area contributed by atoms with Gasteiger partial charge in [-0.1, -0.05) is 18.2 Å². The molecular formula is C14H16N4. The van der Waals surface area contributed by atoms with Crippen LogP contribution in [0.4, 0.5) is 17.3 Å². The van der Waals surface area contributed by atoms with Gasteiger partial charge in [0.2, 0.25) is 0 Å². The second-order valence-electron chi connectivity index (χ2n) is 4.58. The molecule has 0 atom stereocenters. The van der Waals surface area contributed by atoms with Gasteiger partial charge in [-0.05, 0) is 31.4 Å². The summed E-state index contributed by atoms with van der Waals surface area (Å²) in [5, 5.41) is 0. The maximum Gasteiger partial charge on any atom is 0.138 e. The zero-order valence-corrected chi connectivity index (χ0v) is 10.4. The van der Waals surface area contributed by atoms with Crippen LogP contribution < -0.4 is 10.6 Å². The molecule has 4 heteroatoms. The van der Waals surface area contributed by atoms with Crippen LogP contribution in [0.15, 0.2) is 30.3 Å². The first-order valence-electron chi connectivity index (χ1n) is 6.20. The van der Waals surface area contributed by atoms with Gasteiger partial charge in [0.15, 0.2) is 0 Å². The fourth-order valence-electron chi connectivity index (χ4n) is 2.48. The lowest BCUT2D eigenvalue weighted by Gasteiger charge is -2.30. The van der Waals surface area contributed by atoms with Gasteiger partial charge in [0.05, 0.1) is 0 Å². The first-order chi connectivity index (χ1) is 8.74. The summed E-state index contributed by atoms with van der Waals surface area (Å²) in [5.74, 6) is 2.14. The van der Waals surface area contributed by atoms with E-state index in [1.807, 2.05) is 13.0 Å². The van der Waals surface area contributed by atoms with Crippen LogP contribution in [0, 0.1) is 6.92 Å². The first-order valence-corrected chi connectivity index (χ1v) is 6.20. The summed E-state index contributed by atoms with van der Waals surface area (Å²) < 4.78 is 0. The number of fused-ring (bicyclic) bond motifs is 1. The number of nitrogen functional groups attached to an aromatic ring is 1. The summed E-state index contributed by atoms with van der Waals surface area (Å²) in [5.41, 5.74) is 8.42. The summed E-state index contributed by atoms with van der Waals surface area (Å²) in [4.78, 5) is 10.8. The van der Waals surface area contributed by atoms with Crippen molar-refractivity contribution >= 4 is 17.3 Å². The zero-order valence-electron chi connectivity index (χ0n) is 10.4. The van der Waals surface area contributed by atoms with Gasteiger partial charge < -0.3 is 10.6 Å². The highest BCUT2D eigenvalue weighted by Gasteiger charge is 2.19. The molecule has 0 aliphatic carbocycles. The molecule has 0 saturated heterocycles. The number of nitrogens with zero attached hydrogens (tertiary/aromatic N) is 3. The Hall–Kier alpha value is -2.10. The fraction of sp³-hybridized carbons (Fsp3) is 0.286. The molecule has 0 unspecified atom stereocenters. The molecule has 0 saturated carbocycles. The molecule has 2 heterocycles. The highest BCUT2D eigenvalue weighted by molar-refractivity contribution is 5.66. The van der Waals surface area contributed by atoms with Crippen LogP contribution in [0.3, 0.4) is 0 Å². The van der Waals surface area contributed by atoms with Gasteiger partial charge in [-0.25, -0.2) is 9.97 Å². The lowest BCUT2D eigenvalue weighted by molar-refractivity contribution is 0.757. The Morgan fingerprint density at radius 1 is 1.22 bits per heavy atom. The minimum atomic E-state index is 0.528. The van der Waals surface area contributed by atoms with Crippen molar-refractivity contribution in [3.05, 3.63) is 41.7 Å². The van der Waals surface area contributed by atoms with E-state index in [0.29, 0.717) is 11.6 Å². The minimum Gasteiger partial charge on any atom is -0.384 e. The number of rotatable bonds is 1. The van der Waals surface area contributed by atoms with Gasteiger partial charge in [0, 0.05) is 18.3 Å². The minimum absolute atomic E-state index is 0.528. The number of aryl methyl sites for hydroxylation is 2.